The fourth-order valence-electron chi connectivity index (χ4n) is 1.15. The lowest BCUT2D eigenvalue weighted by atomic mass is 10.1. The molecule has 0 amide bonds. The molecule has 0 aliphatic rings. The number of nitrogens with zero attached hydrogens (tertiary/aromatic N) is 1. The number of hydrogen-bond acceptors (Lipinski definition) is 4. The van der Waals surface area contributed by atoms with Crippen molar-refractivity contribution in [3.05, 3.63) is 17.8 Å². The van der Waals surface area contributed by atoms with Gasteiger partial charge >= 0.3 is 0 Å². The maximum Gasteiger partial charge on any atom is 0.257 e. The second kappa shape index (κ2) is 4.09. The summed E-state index contributed by atoms with van der Waals surface area (Å²) in [5.41, 5.74) is 6.65. The van der Waals surface area contributed by atoms with E-state index in [4.69, 9.17) is 15.2 Å². The van der Waals surface area contributed by atoms with Crippen LogP contribution in [0.4, 0.5) is 0 Å². The van der Waals surface area contributed by atoms with E-state index in [-0.39, 0.29) is 6.04 Å². The Labute approximate surface area is 77.7 Å². The van der Waals surface area contributed by atoms with Crippen LogP contribution in [0.15, 0.2) is 12.3 Å². The molecule has 13 heavy (non-hydrogen) atoms. The van der Waals surface area contributed by atoms with Crippen molar-refractivity contribution in [2.45, 2.75) is 13.0 Å². The predicted molar refractivity (Wildman–Crippen MR) is 49.9 cm³/mol. The van der Waals surface area contributed by atoms with E-state index in [0.29, 0.717) is 11.6 Å². The average molecular weight is 182 g/mol. The monoisotopic (exact) mass is 182 g/mol. The van der Waals surface area contributed by atoms with Gasteiger partial charge in [0.25, 0.3) is 5.88 Å². The molecule has 0 saturated heterocycles. The van der Waals surface area contributed by atoms with Gasteiger partial charge in [0.2, 0.25) is 0 Å². The highest BCUT2D eigenvalue weighted by Crippen LogP contribution is 2.31. The lowest BCUT2D eigenvalue weighted by Crippen LogP contribution is -2.08. The first kappa shape index (κ1) is 9.80. The summed E-state index contributed by atoms with van der Waals surface area (Å²) in [5, 5.41) is 0. The molecule has 1 aromatic heterocycles. The molecule has 1 atom stereocenters. The number of methoxy groups -OCH3 is 2. The highest BCUT2D eigenvalue weighted by atomic mass is 16.5. The predicted octanol–water partition coefficient (Wildman–Crippen LogP) is 1.12. The minimum Gasteiger partial charge on any atom is -0.491 e. The van der Waals surface area contributed by atoms with Crippen molar-refractivity contribution in [1.29, 1.82) is 0 Å². The molecule has 4 heteroatoms. The van der Waals surface area contributed by atoms with Gasteiger partial charge < -0.3 is 15.2 Å². The summed E-state index contributed by atoms with van der Waals surface area (Å²) in [7, 11) is 3.13. The summed E-state index contributed by atoms with van der Waals surface area (Å²) in [6.07, 6.45) is 1.65. The van der Waals surface area contributed by atoms with Gasteiger partial charge in [-0.25, -0.2) is 4.98 Å². The zero-order chi connectivity index (χ0) is 9.84. The Balaban J connectivity index is 3.19. The Hall–Kier alpha value is -1.29. The maximum absolute atomic E-state index is 5.75. The van der Waals surface area contributed by atoms with Crippen LogP contribution < -0.4 is 15.2 Å². The quantitative estimate of drug-likeness (QED) is 0.761. The Bertz CT molecular complexity index is 287. The lowest BCUT2D eigenvalue weighted by molar-refractivity contribution is 0.338. The molecule has 0 fully saturated rings. The first-order valence-electron chi connectivity index (χ1n) is 4.03. The Morgan fingerprint density at radius 1 is 1.38 bits per heavy atom. The SMILES string of the molecule is COc1nccc(C(C)N)c1OC. The van der Waals surface area contributed by atoms with Crippen LogP contribution in [0.2, 0.25) is 0 Å². The van der Waals surface area contributed by atoms with Crippen LogP contribution in [0.25, 0.3) is 0 Å². The van der Waals surface area contributed by atoms with Gasteiger partial charge in [-0.05, 0) is 13.0 Å². The first-order chi connectivity index (χ1) is 6.20. The van der Waals surface area contributed by atoms with Crippen LogP contribution >= 0.6 is 0 Å². The average Bonchev–Trinajstić information content (AvgIpc) is 2.16. The van der Waals surface area contributed by atoms with Crippen molar-refractivity contribution < 1.29 is 9.47 Å². The highest BCUT2D eigenvalue weighted by Gasteiger charge is 2.13. The van der Waals surface area contributed by atoms with Gasteiger partial charge in [0.05, 0.1) is 14.2 Å². The second-order valence-corrected chi connectivity index (χ2v) is 2.73. The summed E-state index contributed by atoms with van der Waals surface area (Å²) in [5.74, 6) is 1.08. The third kappa shape index (κ3) is 1.89. The summed E-state index contributed by atoms with van der Waals surface area (Å²) in [4.78, 5) is 4.01. The molecule has 0 saturated carbocycles. The molecule has 4 nitrogen and oxygen atoms in total. The molecule has 1 heterocycles. The molecular weight excluding hydrogens is 168 g/mol. The molecule has 2 N–H and O–H groups in total. The normalized spacial score (nSPS) is 12.3. The number of nitrogens with two attached hydrogens (primary N) is 1. The Morgan fingerprint density at radius 3 is 2.54 bits per heavy atom. The summed E-state index contributed by atoms with van der Waals surface area (Å²) in [6.45, 7) is 1.89. The molecule has 0 radical (unpaired) electrons. The Morgan fingerprint density at radius 2 is 2.08 bits per heavy atom. The lowest BCUT2D eigenvalue weighted by Gasteiger charge is -2.13. The standard InChI is InChI=1S/C9H14N2O2/c1-6(10)7-4-5-11-9(13-3)8(7)12-2/h4-6H,10H2,1-3H3. The maximum atomic E-state index is 5.75. The van der Waals surface area contributed by atoms with Gasteiger partial charge in [0.15, 0.2) is 5.75 Å². The van der Waals surface area contributed by atoms with E-state index in [1.54, 1.807) is 20.4 Å². The molecule has 0 aromatic carbocycles. The number of ether oxygens (including phenoxy) is 2. The summed E-state index contributed by atoms with van der Waals surface area (Å²) < 4.78 is 10.2. The molecule has 0 bridgehead atoms. The van der Waals surface area contributed by atoms with E-state index < -0.39 is 0 Å². The van der Waals surface area contributed by atoms with E-state index in [0.717, 1.165) is 5.56 Å². The van der Waals surface area contributed by atoms with Crippen LogP contribution in [0, 0.1) is 0 Å². The first-order valence-corrected chi connectivity index (χ1v) is 4.03. The van der Waals surface area contributed by atoms with Crippen molar-refractivity contribution in [3.63, 3.8) is 0 Å². The highest BCUT2D eigenvalue weighted by molar-refractivity contribution is 5.42. The van der Waals surface area contributed by atoms with E-state index >= 15 is 0 Å². The zero-order valence-electron chi connectivity index (χ0n) is 8.07. The van der Waals surface area contributed by atoms with Crippen molar-refractivity contribution in [2.75, 3.05) is 14.2 Å². The van der Waals surface area contributed by atoms with Crippen LogP contribution in [-0.2, 0) is 0 Å². The number of aromatic nitrogens is 1. The van der Waals surface area contributed by atoms with Gasteiger partial charge in [0, 0.05) is 17.8 Å². The van der Waals surface area contributed by atoms with Crippen LogP contribution in [0.1, 0.15) is 18.5 Å². The number of hydrogen-bond donors (Lipinski definition) is 1. The van der Waals surface area contributed by atoms with E-state index in [2.05, 4.69) is 4.98 Å². The fourth-order valence-corrected chi connectivity index (χ4v) is 1.15. The van der Waals surface area contributed by atoms with Crippen molar-refractivity contribution in [1.82, 2.24) is 4.98 Å². The van der Waals surface area contributed by atoms with Gasteiger partial charge in [-0.1, -0.05) is 0 Å². The molecule has 1 unspecified atom stereocenters. The van der Waals surface area contributed by atoms with Crippen molar-refractivity contribution >= 4 is 0 Å². The fraction of sp³-hybridized carbons (Fsp3) is 0.444. The molecule has 0 aliphatic carbocycles. The molecule has 0 spiro atoms. The second-order valence-electron chi connectivity index (χ2n) is 2.73. The molecule has 1 aromatic rings. The smallest absolute Gasteiger partial charge is 0.257 e. The van der Waals surface area contributed by atoms with Crippen molar-refractivity contribution in [3.8, 4) is 11.6 Å². The molecule has 0 aliphatic heterocycles. The third-order valence-electron chi connectivity index (χ3n) is 1.79. The van der Waals surface area contributed by atoms with Gasteiger partial charge in [0.1, 0.15) is 0 Å². The van der Waals surface area contributed by atoms with Crippen LogP contribution in [-0.4, -0.2) is 19.2 Å². The zero-order valence-corrected chi connectivity index (χ0v) is 8.07. The van der Waals surface area contributed by atoms with Crippen LogP contribution in [0.3, 0.4) is 0 Å². The number of pyridine rings is 1. The van der Waals surface area contributed by atoms with E-state index in [9.17, 15) is 0 Å². The topological polar surface area (TPSA) is 57.4 Å². The van der Waals surface area contributed by atoms with E-state index in [1.165, 1.54) is 0 Å². The summed E-state index contributed by atoms with van der Waals surface area (Å²) in [6, 6.07) is 1.73. The van der Waals surface area contributed by atoms with Gasteiger partial charge in [-0.2, -0.15) is 0 Å². The van der Waals surface area contributed by atoms with Crippen molar-refractivity contribution in [2.24, 2.45) is 5.73 Å². The summed E-state index contributed by atoms with van der Waals surface area (Å²) >= 11 is 0. The minimum absolute atomic E-state index is 0.0909. The largest absolute Gasteiger partial charge is 0.491 e. The molecule has 1 rings (SSSR count). The Kier molecular flexibility index (Phi) is 3.08. The molecular formula is C9H14N2O2. The van der Waals surface area contributed by atoms with Crippen LogP contribution in [0.5, 0.6) is 11.6 Å². The minimum atomic E-state index is -0.0909. The third-order valence-corrected chi connectivity index (χ3v) is 1.79. The van der Waals surface area contributed by atoms with Gasteiger partial charge in [-0.15, -0.1) is 0 Å². The van der Waals surface area contributed by atoms with E-state index in [1.807, 2.05) is 13.0 Å². The number of rotatable bonds is 3. The van der Waals surface area contributed by atoms with Gasteiger partial charge in [-0.3, -0.25) is 0 Å². The molecule has 72 valence electrons.